The zero-order valence-electron chi connectivity index (χ0n) is 14.5. The summed E-state index contributed by atoms with van der Waals surface area (Å²) in [6, 6.07) is 13.0. The van der Waals surface area contributed by atoms with Gasteiger partial charge >= 0.3 is 0 Å². The fourth-order valence-corrected chi connectivity index (χ4v) is 3.32. The molecule has 5 nitrogen and oxygen atoms in total. The Balaban J connectivity index is 1.60. The van der Waals surface area contributed by atoms with Gasteiger partial charge in [0.2, 0.25) is 0 Å². The summed E-state index contributed by atoms with van der Waals surface area (Å²) in [6.07, 6.45) is 0. The Kier molecular flexibility index (Phi) is 6.06. The second-order valence-electron chi connectivity index (χ2n) is 5.75. The molecule has 1 N–H and O–H groups in total. The molecular formula is C19H19ClN2O3S. The molecule has 26 heavy (non-hydrogen) atoms. The van der Waals surface area contributed by atoms with Crippen LogP contribution >= 0.6 is 23.4 Å². The number of hydrogen-bond donors (Lipinski definition) is 1. The minimum Gasteiger partial charge on any atom is -0.486 e. The van der Waals surface area contributed by atoms with E-state index in [9.17, 15) is 4.79 Å². The van der Waals surface area contributed by atoms with E-state index >= 15 is 0 Å². The van der Waals surface area contributed by atoms with E-state index < -0.39 is 0 Å². The van der Waals surface area contributed by atoms with Crippen molar-refractivity contribution in [1.82, 2.24) is 5.43 Å². The van der Waals surface area contributed by atoms with Crippen molar-refractivity contribution in [3.63, 3.8) is 0 Å². The third-order valence-corrected chi connectivity index (χ3v) is 5.15. The quantitative estimate of drug-likeness (QED) is 0.473. The molecule has 0 saturated carbocycles. The minimum atomic E-state index is -0.284. The number of amides is 1. The largest absolute Gasteiger partial charge is 0.486 e. The van der Waals surface area contributed by atoms with Gasteiger partial charge in [-0.05, 0) is 56.3 Å². The SMILES string of the molecule is C/C(=N/NC(=O)[C@H](C)Sc1ccc(Cl)cc1)c1ccc2c(c1)OCCO2. The molecule has 0 aromatic heterocycles. The van der Waals surface area contributed by atoms with Crippen molar-refractivity contribution in [2.24, 2.45) is 5.10 Å². The molecule has 1 aliphatic heterocycles. The van der Waals surface area contributed by atoms with Crippen molar-refractivity contribution in [3.05, 3.63) is 53.1 Å². The Morgan fingerprint density at radius 3 is 2.58 bits per heavy atom. The molecule has 7 heteroatoms. The van der Waals surface area contributed by atoms with Gasteiger partial charge in [-0.15, -0.1) is 11.8 Å². The minimum absolute atomic E-state index is 0.165. The average molecular weight is 391 g/mol. The highest BCUT2D eigenvalue weighted by Gasteiger charge is 2.15. The molecule has 3 rings (SSSR count). The number of hydrazone groups is 1. The van der Waals surface area contributed by atoms with Crippen LogP contribution in [0.3, 0.4) is 0 Å². The maximum absolute atomic E-state index is 12.3. The van der Waals surface area contributed by atoms with Gasteiger partial charge in [0.25, 0.3) is 5.91 Å². The summed E-state index contributed by atoms with van der Waals surface area (Å²) in [4.78, 5) is 13.2. The summed E-state index contributed by atoms with van der Waals surface area (Å²) >= 11 is 7.32. The van der Waals surface area contributed by atoms with Crippen LogP contribution in [0.2, 0.25) is 5.02 Å². The molecule has 136 valence electrons. The van der Waals surface area contributed by atoms with Crippen molar-refractivity contribution in [2.45, 2.75) is 24.0 Å². The number of halogens is 1. The molecule has 1 heterocycles. The van der Waals surface area contributed by atoms with Gasteiger partial charge < -0.3 is 9.47 Å². The van der Waals surface area contributed by atoms with E-state index in [-0.39, 0.29) is 11.2 Å². The lowest BCUT2D eigenvalue weighted by atomic mass is 10.1. The second kappa shape index (κ2) is 8.47. The van der Waals surface area contributed by atoms with Crippen molar-refractivity contribution in [3.8, 4) is 11.5 Å². The Bertz CT molecular complexity index is 824. The smallest absolute Gasteiger partial charge is 0.253 e. The van der Waals surface area contributed by atoms with Crippen LogP contribution in [0.1, 0.15) is 19.4 Å². The number of nitrogens with zero attached hydrogens (tertiary/aromatic N) is 1. The predicted octanol–water partition coefficient (Wildman–Crippen LogP) is 4.13. The zero-order valence-corrected chi connectivity index (χ0v) is 16.1. The van der Waals surface area contributed by atoms with Gasteiger partial charge in [-0.3, -0.25) is 4.79 Å². The first-order chi connectivity index (χ1) is 12.5. The van der Waals surface area contributed by atoms with Gasteiger partial charge in [-0.1, -0.05) is 11.6 Å². The number of hydrogen-bond acceptors (Lipinski definition) is 5. The van der Waals surface area contributed by atoms with Crippen LogP contribution in [0, 0.1) is 0 Å². The van der Waals surface area contributed by atoms with Crippen molar-refractivity contribution < 1.29 is 14.3 Å². The first kappa shape index (κ1) is 18.6. The summed E-state index contributed by atoms with van der Waals surface area (Å²) < 4.78 is 11.1. The lowest BCUT2D eigenvalue weighted by Crippen LogP contribution is -2.27. The number of nitrogens with one attached hydrogen (secondary N) is 1. The molecule has 0 bridgehead atoms. The molecule has 0 saturated heterocycles. The fraction of sp³-hybridized carbons (Fsp3) is 0.263. The summed E-state index contributed by atoms with van der Waals surface area (Å²) in [6.45, 7) is 4.76. The van der Waals surface area contributed by atoms with E-state index in [0.29, 0.717) is 29.7 Å². The van der Waals surface area contributed by atoms with E-state index in [0.717, 1.165) is 16.2 Å². The molecule has 0 aliphatic carbocycles. The maximum Gasteiger partial charge on any atom is 0.253 e. The standard InChI is InChI=1S/C19H19ClN2O3S/c1-12(14-3-8-17-18(11-14)25-10-9-24-17)21-22-19(23)13(2)26-16-6-4-15(20)5-7-16/h3-8,11,13H,9-10H2,1-2H3,(H,22,23)/b21-12-/t13-/m0/s1. The van der Waals surface area contributed by atoms with E-state index in [2.05, 4.69) is 10.5 Å². The third-order valence-electron chi connectivity index (χ3n) is 3.79. The highest BCUT2D eigenvalue weighted by Crippen LogP contribution is 2.31. The highest BCUT2D eigenvalue weighted by molar-refractivity contribution is 8.00. The zero-order chi connectivity index (χ0) is 18.5. The average Bonchev–Trinajstić information content (AvgIpc) is 2.67. The van der Waals surface area contributed by atoms with E-state index in [4.69, 9.17) is 21.1 Å². The molecule has 0 fully saturated rings. The lowest BCUT2D eigenvalue weighted by molar-refractivity contribution is -0.120. The number of rotatable bonds is 5. The van der Waals surface area contributed by atoms with Crippen molar-refractivity contribution in [1.29, 1.82) is 0 Å². The van der Waals surface area contributed by atoms with Gasteiger partial charge in [0.05, 0.1) is 11.0 Å². The van der Waals surface area contributed by atoms with Crippen LogP contribution in [-0.2, 0) is 4.79 Å². The first-order valence-corrected chi connectivity index (χ1v) is 9.45. The Labute approximate surface area is 161 Å². The van der Waals surface area contributed by atoms with E-state index in [1.165, 1.54) is 11.8 Å². The van der Waals surface area contributed by atoms with Crippen LogP contribution in [0.25, 0.3) is 0 Å². The fourth-order valence-electron chi connectivity index (χ4n) is 2.33. The number of ether oxygens (including phenoxy) is 2. The molecule has 1 atom stereocenters. The Hall–Kier alpha value is -2.18. The first-order valence-electron chi connectivity index (χ1n) is 8.19. The Morgan fingerprint density at radius 2 is 1.85 bits per heavy atom. The normalized spacial score (nSPS) is 14.7. The summed E-state index contributed by atoms with van der Waals surface area (Å²) in [5, 5.41) is 4.59. The molecule has 1 amide bonds. The van der Waals surface area contributed by atoms with E-state index in [1.807, 2.05) is 44.2 Å². The number of carbonyl (C=O) groups excluding carboxylic acids is 1. The van der Waals surface area contributed by atoms with Gasteiger partial charge in [0.1, 0.15) is 13.2 Å². The highest BCUT2D eigenvalue weighted by atomic mass is 35.5. The Morgan fingerprint density at radius 1 is 1.15 bits per heavy atom. The number of fused-ring (bicyclic) bond motifs is 1. The van der Waals surface area contributed by atoms with Crippen LogP contribution in [-0.4, -0.2) is 30.1 Å². The van der Waals surface area contributed by atoms with E-state index in [1.54, 1.807) is 12.1 Å². The predicted molar refractivity (Wildman–Crippen MR) is 105 cm³/mol. The lowest BCUT2D eigenvalue weighted by Gasteiger charge is -2.18. The van der Waals surface area contributed by atoms with Gasteiger partial charge in [0.15, 0.2) is 11.5 Å². The number of thioether (sulfide) groups is 1. The number of carbonyl (C=O) groups is 1. The van der Waals surface area contributed by atoms with Crippen LogP contribution in [0.4, 0.5) is 0 Å². The van der Waals surface area contributed by atoms with Gasteiger partial charge in [-0.25, -0.2) is 5.43 Å². The van der Waals surface area contributed by atoms with Crippen molar-refractivity contribution in [2.75, 3.05) is 13.2 Å². The third kappa shape index (κ3) is 4.71. The van der Waals surface area contributed by atoms with Crippen LogP contribution in [0.5, 0.6) is 11.5 Å². The van der Waals surface area contributed by atoms with Gasteiger partial charge in [0, 0.05) is 15.5 Å². The molecule has 1 aliphatic rings. The molecule has 0 spiro atoms. The summed E-state index contributed by atoms with van der Waals surface area (Å²) in [5.41, 5.74) is 4.18. The molecular weight excluding hydrogens is 372 g/mol. The molecule has 0 unspecified atom stereocenters. The topological polar surface area (TPSA) is 59.9 Å². The van der Waals surface area contributed by atoms with Crippen LogP contribution in [0.15, 0.2) is 52.5 Å². The summed E-state index contributed by atoms with van der Waals surface area (Å²) in [5.74, 6) is 1.26. The van der Waals surface area contributed by atoms with Crippen LogP contribution < -0.4 is 14.9 Å². The monoisotopic (exact) mass is 390 g/mol. The number of benzene rings is 2. The molecule has 2 aromatic carbocycles. The van der Waals surface area contributed by atoms with Crippen molar-refractivity contribution >= 4 is 35.0 Å². The summed E-state index contributed by atoms with van der Waals surface area (Å²) in [7, 11) is 0. The molecule has 2 aromatic rings. The van der Waals surface area contributed by atoms with Gasteiger partial charge in [-0.2, -0.15) is 5.10 Å². The maximum atomic E-state index is 12.3. The second-order valence-corrected chi connectivity index (χ2v) is 7.60. The molecule has 0 radical (unpaired) electrons.